The predicted molar refractivity (Wildman–Crippen MR) is 75.5 cm³/mol. The second-order valence-electron chi connectivity index (χ2n) is 5.60. The van der Waals surface area contributed by atoms with E-state index in [4.69, 9.17) is 9.47 Å². The van der Waals surface area contributed by atoms with Crippen LogP contribution in [0.4, 0.5) is 0 Å². The summed E-state index contributed by atoms with van der Waals surface area (Å²) >= 11 is 0. The average molecular weight is 261 g/mol. The maximum Gasteiger partial charge on any atom is 0.127 e. The van der Waals surface area contributed by atoms with Crippen LogP contribution in [0.25, 0.3) is 0 Å². The molecule has 0 spiro atoms. The molecule has 0 bridgehead atoms. The second-order valence-corrected chi connectivity index (χ2v) is 5.60. The van der Waals surface area contributed by atoms with Gasteiger partial charge in [-0.15, -0.1) is 0 Å². The van der Waals surface area contributed by atoms with Crippen LogP contribution >= 0.6 is 0 Å². The first-order chi connectivity index (χ1) is 9.28. The highest BCUT2D eigenvalue weighted by Crippen LogP contribution is 2.38. The summed E-state index contributed by atoms with van der Waals surface area (Å²) in [7, 11) is 0. The summed E-state index contributed by atoms with van der Waals surface area (Å²) in [6.07, 6.45) is 4.09. The van der Waals surface area contributed by atoms with Gasteiger partial charge < -0.3 is 14.8 Å². The monoisotopic (exact) mass is 261 g/mol. The first-order valence-electron chi connectivity index (χ1n) is 7.42. The molecule has 0 saturated carbocycles. The van der Waals surface area contributed by atoms with Gasteiger partial charge in [0.1, 0.15) is 11.9 Å². The molecule has 2 aliphatic heterocycles. The SMILES string of the molecule is CCNC1CC(C2CCC(C)O2)Oc2ccccc21. The molecule has 1 fully saturated rings. The van der Waals surface area contributed by atoms with Crippen LogP contribution in [0.1, 0.15) is 44.7 Å². The van der Waals surface area contributed by atoms with Gasteiger partial charge in [-0.3, -0.25) is 0 Å². The van der Waals surface area contributed by atoms with Gasteiger partial charge in [-0.1, -0.05) is 25.1 Å². The Hall–Kier alpha value is -1.06. The minimum Gasteiger partial charge on any atom is -0.487 e. The number of fused-ring (bicyclic) bond motifs is 1. The van der Waals surface area contributed by atoms with Crippen molar-refractivity contribution in [1.29, 1.82) is 0 Å². The maximum absolute atomic E-state index is 6.18. The number of benzene rings is 1. The van der Waals surface area contributed by atoms with Crippen molar-refractivity contribution >= 4 is 0 Å². The Kier molecular flexibility index (Phi) is 3.76. The van der Waals surface area contributed by atoms with Crippen LogP contribution in [0.3, 0.4) is 0 Å². The second kappa shape index (κ2) is 5.51. The number of para-hydroxylation sites is 1. The number of rotatable bonds is 3. The number of hydrogen-bond acceptors (Lipinski definition) is 3. The smallest absolute Gasteiger partial charge is 0.127 e. The highest BCUT2D eigenvalue weighted by atomic mass is 16.6. The Balaban J connectivity index is 1.80. The third kappa shape index (κ3) is 2.63. The largest absolute Gasteiger partial charge is 0.487 e. The van der Waals surface area contributed by atoms with E-state index in [-0.39, 0.29) is 12.2 Å². The number of ether oxygens (including phenoxy) is 2. The molecule has 2 aliphatic rings. The van der Waals surface area contributed by atoms with Gasteiger partial charge in [0, 0.05) is 18.0 Å². The molecule has 1 N–H and O–H groups in total. The predicted octanol–water partition coefficient (Wildman–Crippen LogP) is 3.06. The van der Waals surface area contributed by atoms with E-state index in [0.717, 1.165) is 31.6 Å². The molecule has 1 saturated heterocycles. The molecular formula is C16H23NO2. The molecule has 4 atom stereocenters. The van der Waals surface area contributed by atoms with Crippen molar-refractivity contribution in [3.8, 4) is 5.75 Å². The van der Waals surface area contributed by atoms with Crippen LogP contribution in [0.5, 0.6) is 5.75 Å². The van der Waals surface area contributed by atoms with E-state index in [9.17, 15) is 0 Å². The van der Waals surface area contributed by atoms with E-state index in [0.29, 0.717) is 12.1 Å². The molecule has 1 aromatic rings. The van der Waals surface area contributed by atoms with E-state index >= 15 is 0 Å². The fourth-order valence-electron chi connectivity index (χ4n) is 3.22. The van der Waals surface area contributed by atoms with Crippen molar-refractivity contribution in [3.05, 3.63) is 29.8 Å². The maximum atomic E-state index is 6.18. The highest BCUT2D eigenvalue weighted by Gasteiger charge is 2.36. The third-order valence-corrected chi connectivity index (χ3v) is 4.17. The summed E-state index contributed by atoms with van der Waals surface area (Å²) in [5.74, 6) is 1.02. The molecular weight excluding hydrogens is 238 g/mol. The average Bonchev–Trinajstić information content (AvgIpc) is 2.86. The molecule has 0 aliphatic carbocycles. The van der Waals surface area contributed by atoms with Gasteiger partial charge in [0.2, 0.25) is 0 Å². The van der Waals surface area contributed by atoms with E-state index in [1.807, 2.05) is 6.07 Å². The standard InChI is InChI=1S/C16H23NO2/c1-3-17-13-10-16(15-9-8-11(2)18-15)19-14-7-5-4-6-12(13)14/h4-7,11,13,15-17H,3,8-10H2,1-2H3. The van der Waals surface area contributed by atoms with Crippen LogP contribution in [0.15, 0.2) is 24.3 Å². The molecule has 0 aromatic heterocycles. The summed E-state index contributed by atoms with van der Waals surface area (Å²) < 4.78 is 12.2. The van der Waals surface area contributed by atoms with E-state index in [1.165, 1.54) is 5.56 Å². The van der Waals surface area contributed by atoms with Crippen molar-refractivity contribution in [3.63, 3.8) is 0 Å². The van der Waals surface area contributed by atoms with Gasteiger partial charge in [0.05, 0.1) is 12.2 Å². The lowest BCUT2D eigenvalue weighted by molar-refractivity contribution is -0.0299. The number of hydrogen-bond donors (Lipinski definition) is 1. The molecule has 2 heterocycles. The van der Waals surface area contributed by atoms with Gasteiger partial charge in [0.25, 0.3) is 0 Å². The minimum absolute atomic E-state index is 0.184. The van der Waals surface area contributed by atoms with Crippen molar-refractivity contribution in [2.24, 2.45) is 0 Å². The van der Waals surface area contributed by atoms with Crippen LogP contribution in [0.2, 0.25) is 0 Å². The molecule has 4 unspecified atom stereocenters. The van der Waals surface area contributed by atoms with Gasteiger partial charge in [-0.05, 0) is 32.4 Å². The highest BCUT2D eigenvalue weighted by molar-refractivity contribution is 5.38. The minimum atomic E-state index is 0.184. The molecule has 3 rings (SSSR count). The lowest BCUT2D eigenvalue weighted by Crippen LogP contribution is -2.40. The fraction of sp³-hybridized carbons (Fsp3) is 0.625. The number of nitrogens with one attached hydrogen (secondary N) is 1. The normalized spacial score (nSPS) is 33.8. The summed E-state index contributed by atoms with van der Waals surface area (Å²) in [6.45, 7) is 5.29. The molecule has 3 heteroatoms. The van der Waals surface area contributed by atoms with E-state index in [1.54, 1.807) is 0 Å². The Labute approximate surface area is 115 Å². The van der Waals surface area contributed by atoms with E-state index < -0.39 is 0 Å². The van der Waals surface area contributed by atoms with Gasteiger partial charge in [-0.2, -0.15) is 0 Å². The molecule has 104 valence electrons. The van der Waals surface area contributed by atoms with Crippen LogP contribution in [0, 0.1) is 0 Å². The van der Waals surface area contributed by atoms with Crippen LogP contribution in [-0.4, -0.2) is 24.9 Å². The van der Waals surface area contributed by atoms with Gasteiger partial charge >= 0.3 is 0 Å². The lowest BCUT2D eigenvalue weighted by Gasteiger charge is -2.35. The van der Waals surface area contributed by atoms with E-state index in [2.05, 4.69) is 37.4 Å². The van der Waals surface area contributed by atoms with Crippen LogP contribution in [-0.2, 0) is 4.74 Å². The zero-order valence-corrected chi connectivity index (χ0v) is 11.8. The first kappa shape index (κ1) is 12.9. The van der Waals surface area contributed by atoms with Crippen LogP contribution < -0.4 is 10.1 Å². The van der Waals surface area contributed by atoms with Gasteiger partial charge in [-0.25, -0.2) is 0 Å². The third-order valence-electron chi connectivity index (χ3n) is 4.17. The topological polar surface area (TPSA) is 30.5 Å². The Morgan fingerprint density at radius 3 is 2.79 bits per heavy atom. The van der Waals surface area contributed by atoms with Crippen molar-refractivity contribution in [1.82, 2.24) is 5.32 Å². The zero-order chi connectivity index (χ0) is 13.2. The lowest BCUT2D eigenvalue weighted by atomic mass is 9.93. The summed E-state index contributed by atoms with van der Waals surface area (Å²) in [6, 6.07) is 8.75. The first-order valence-corrected chi connectivity index (χ1v) is 7.42. The van der Waals surface area contributed by atoms with Crippen molar-refractivity contribution in [2.75, 3.05) is 6.54 Å². The summed E-state index contributed by atoms with van der Waals surface area (Å²) in [4.78, 5) is 0. The van der Waals surface area contributed by atoms with Gasteiger partial charge in [0.15, 0.2) is 0 Å². The molecule has 0 radical (unpaired) electrons. The Morgan fingerprint density at radius 2 is 2.05 bits per heavy atom. The molecule has 1 aromatic carbocycles. The van der Waals surface area contributed by atoms with Crippen molar-refractivity contribution in [2.45, 2.75) is 57.5 Å². The molecule has 3 nitrogen and oxygen atoms in total. The Bertz CT molecular complexity index is 435. The summed E-state index contributed by atoms with van der Waals surface area (Å²) in [5, 5.41) is 3.57. The molecule has 0 amide bonds. The van der Waals surface area contributed by atoms with Crippen molar-refractivity contribution < 1.29 is 9.47 Å². The fourth-order valence-corrected chi connectivity index (χ4v) is 3.22. The quantitative estimate of drug-likeness (QED) is 0.907. The Morgan fingerprint density at radius 1 is 1.21 bits per heavy atom. The summed E-state index contributed by atoms with van der Waals surface area (Å²) in [5.41, 5.74) is 1.28. The zero-order valence-electron chi connectivity index (χ0n) is 11.8. The molecule has 19 heavy (non-hydrogen) atoms.